The Bertz CT molecular complexity index is 439. The average Bonchev–Trinajstić information content (AvgIpc) is 2.44. The van der Waals surface area contributed by atoms with Crippen LogP contribution in [0.1, 0.15) is 45.1 Å². The van der Waals surface area contributed by atoms with Gasteiger partial charge in [0.25, 0.3) is 0 Å². The van der Waals surface area contributed by atoms with Crippen LogP contribution in [-0.4, -0.2) is 18.9 Å². The van der Waals surface area contributed by atoms with E-state index in [9.17, 15) is 9.59 Å². The Hall–Kier alpha value is -1.64. The monoisotopic (exact) mass is 276 g/mol. The summed E-state index contributed by atoms with van der Waals surface area (Å²) < 4.78 is 4.72. The summed E-state index contributed by atoms with van der Waals surface area (Å²) in [7, 11) is 1.41. The maximum Gasteiger partial charge on any atom is 0.305 e. The second-order valence-corrected chi connectivity index (χ2v) is 5.75. The molecule has 0 bridgehead atoms. The molecule has 0 radical (unpaired) electrons. The number of carbonyl (C=O) groups is 2. The van der Waals surface area contributed by atoms with Crippen molar-refractivity contribution in [1.29, 1.82) is 0 Å². The minimum absolute atomic E-state index is 0.0544. The van der Waals surface area contributed by atoms with Gasteiger partial charge >= 0.3 is 5.97 Å². The standard InChI is InChI=1S/C17H24O3/c1-14(18)9-11-17(2,12-10-16(19)20-3)13-15-7-5-4-6-8-15/h4-8H,9-13H2,1-3H3. The summed E-state index contributed by atoms with van der Waals surface area (Å²) in [4.78, 5) is 22.6. The van der Waals surface area contributed by atoms with Gasteiger partial charge in [0.05, 0.1) is 7.11 Å². The van der Waals surface area contributed by atoms with Gasteiger partial charge in [-0.05, 0) is 37.2 Å². The molecule has 20 heavy (non-hydrogen) atoms. The smallest absolute Gasteiger partial charge is 0.305 e. The zero-order chi connectivity index (χ0) is 15.0. The first-order valence-electron chi connectivity index (χ1n) is 7.05. The van der Waals surface area contributed by atoms with Gasteiger partial charge in [-0.2, -0.15) is 0 Å². The topological polar surface area (TPSA) is 43.4 Å². The lowest BCUT2D eigenvalue weighted by Crippen LogP contribution is -2.22. The number of Topliss-reactive ketones (excluding diaryl/α,β-unsaturated/α-hetero) is 1. The highest BCUT2D eigenvalue weighted by Crippen LogP contribution is 2.33. The van der Waals surface area contributed by atoms with Crippen molar-refractivity contribution in [3.8, 4) is 0 Å². The van der Waals surface area contributed by atoms with Crippen molar-refractivity contribution in [2.24, 2.45) is 5.41 Å². The van der Waals surface area contributed by atoms with Crippen molar-refractivity contribution >= 4 is 11.8 Å². The number of rotatable bonds is 8. The number of hydrogen-bond donors (Lipinski definition) is 0. The third kappa shape index (κ3) is 6.00. The second-order valence-electron chi connectivity index (χ2n) is 5.75. The van der Waals surface area contributed by atoms with E-state index < -0.39 is 0 Å². The molecule has 3 heteroatoms. The summed E-state index contributed by atoms with van der Waals surface area (Å²) in [6.07, 6.45) is 3.37. The van der Waals surface area contributed by atoms with Crippen molar-refractivity contribution in [2.45, 2.75) is 46.0 Å². The Morgan fingerprint density at radius 1 is 1.10 bits per heavy atom. The van der Waals surface area contributed by atoms with E-state index in [0.717, 1.165) is 19.3 Å². The van der Waals surface area contributed by atoms with Gasteiger partial charge in [-0.15, -0.1) is 0 Å². The Morgan fingerprint density at radius 3 is 2.25 bits per heavy atom. The van der Waals surface area contributed by atoms with Crippen LogP contribution in [-0.2, 0) is 20.7 Å². The molecule has 0 aliphatic carbocycles. The van der Waals surface area contributed by atoms with Crippen LogP contribution in [0, 0.1) is 5.41 Å². The predicted octanol–water partition coefficient (Wildman–Crippen LogP) is 3.56. The van der Waals surface area contributed by atoms with Gasteiger partial charge in [0, 0.05) is 12.8 Å². The Labute approximate surface area is 121 Å². The van der Waals surface area contributed by atoms with Gasteiger partial charge in [0.2, 0.25) is 0 Å². The van der Waals surface area contributed by atoms with E-state index in [4.69, 9.17) is 4.74 Å². The van der Waals surface area contributed by atoms with Crippen LogP contribution in [0.25, 0.3) is 0 Å². The molecular formula is C17H24O3. The molecule has 1 aromatic rings. The van der Waals surface area contributed by atoms with Crippen LogP contribution < -0.4 is 0 Å². The first-order valence-corrected chi connectivity index (χ1v) is 7.05. The fraction of sp³-hybridized carbons (Fsp3) is 0.529. The van der Waals surface area contributed by atoms with E-state index in [-0.39, 0.29) is 17.2 Å². The molecule has 0 saturated heterocycles. The van der Waals surface area contributed by atoms with Crippen LogP contribution in [0.5, 0.6) is 0 Å². The molecule has 110 valence electrons. The lowest BCUT2D eigenvalue weighted by atomic mass is 9.75. The highest BCUT2D eigenvalue weighted by Gasteiger charge is 2.26. The van der Waals surface area contributed by atoms with Crippen LogP contribution >= 0.6 is 0 Å². The van der Waals surface area contributed by atoms with E-state index in [1.807, 2.05) is 18.2 Å². The third-order valence-electron chi connectivity index (χ3n) is 3.71. The summed E-state index contributed by atoms with van der Waals surface area (Å²) >= 11 is 0. The maximum absolute atomic E-state index is 11.4. The number of benzene rings is 1. The first kappa shape index (κ1) is 16.4. The normalized spacial score (nSPS) is 13.6. The molecule has 0 amide bonds. The van der Waals surface area contributed by atoms with Gasteiger partial charge in [-0.3, -0.25) is 4.79 Å². The van der Waals surface area contributed by atoms with Crippen LogP contribution in [0.15, 0.2) is 30.3 Å². The fourth-order valence-electron chi connectivity index (χ4n) is 2.37. The maximum atomic E-state index is 11.4. The van der Waals surface area contributed by atoms with Crippen LogP contribution in [0.4, 0.5) is 0 Å². The molecule has 3 nitrogen and oxygen atoms in total. The van der Waals surface area contributed by atoms with Crippen LogP contribution in [0.2, 0.25) is 0 Å². The van der Waals surface area contributed by atoms with E-state index in [2.05, 4.69) is 19.1 Å². The second kappa shape index (κ2) is 7.83. The number of ketones is 1. The van der Waals surface area contributed by atoms with Gasteiger partial charge in [0.1, 0.15) is 5.78 Å². The summed E-state index contributed by atoms with van der Waals surface area (Å²) in [5.41, 5.74) is 1.18. The third-order valence-corrected chi connectivity index (χ3v) is 3.71. The van der Waals surface area contributed by atoms with E-state index >= 15 is 0 Å². The van der Waals surface area contributed by atoms with Gasteiger partial charge < -0.3 is 9.53 Å². The Morgan fingerprint density at radius 2 is 1.70 bits per heavy atom. The molecule has 0 heterocycles. The molecule has 0 fully saturated rings. The number of methoxy groups -OCH3 is 1. The summed E-state index contributed by atoms with van der Waals surface area (Å²) in [5, 5.41) is 0. The fourth-order valence-corrected chi connectivity index (χ4v) is 2.37. The molecule has 0 spiro atoms. The van der Waals surface area contributed by atoms with Gasteiger partial charge in [0.15, 0.2) is 0 Å². The summed E-state index contributed by atoms with van der Waals surface area (Å²) in [6.45, 7) is 3.76. The SMILES string of the molecule is COC(=O)CCC(C)(CCC(C)=O)Cc1ccccc1. The summed E-state index contributed by atoms with van der Waals surface area (Å²) in [6, 6.07) is 10.2. The number of ether oxygens (including phenoxy) is 1. The molecule has 0 aliphatic heterocycles. The van der Waals surface area contributed by atoms with Crippen molar-refractivity contribution in [1.82, 2.24) is 0 Å². The molecule has 1 unspecified atom stereocenters. The number of carbonyl (C=O) groups excluding carboxylic acids is 2. The van der Waals surface area contributed by atoms with Crippen molar-refractivity contribution < 1.29 is 14.3 Å². The van der Waals surface area contributed by atoms with Gasteiger partial charge in [-0.25, -0.2) is 0 Å². The average molecular weight is 276 g/mol. The van der Waals surface area contributed by atoms with Crippen molar-refractivity contribution in [3.05, 3.63) is 35.9 Å². The molecule has 1 rings (SSSR count). The highest BCUT2D eigenvalue weighted by molar-refractivity contribution is 5.75. The molecule has 1 atom stereocenters. The Balaban J connectivity index is 2.71. The predicted molar refractivity (Wildman–Crippen MR) is 79.4 cm³/mol. The largest absolute Gasteiger partial charge is 0.469 e. The minimum atomic E-state index is -0.188. The van der Waals surface area contributed by atoms with E-state index in [1.165, 1.54) is 12.7 Å². The van der Waals surface area contributed by atoms with Gasteiger partial charge in [-0.1, -0.05) is 37.3 Å². The minimum Gasteiger partial charge on any atom is -0.469 e. The lowest BCUT2D eigenvalue weighted by molar-refractivity contribution is -0.141. The zero-order valence-electron chi connectivity index (χ0n) is 12.6. The van der Waals surface area contributed by atoms with E-state index in [0.29, 0.717) is 12.8 Å². The molecule has 0 N–H and O–H groups in total. The number of hydrogen-bond acceptors (Lipinski definition) is 3. The quantitative estimate of drug-likeness (QED) is 0.682. The zero-order valence-corrected chi connectivity index (χ0v) is 12.6. The molecular weight excluding hydrogens is 252 g/mol. The molecule has 1 aromatic carbocycles. The lowest BCUT2D eigenvalue weighted by Gasteiger charge is -2.29. The summed E-state index contributed by atoms with van der Waals surface area (Å²) in [5.74, 6) is 0.00877. The van der Waals surface area contributed by atoms with Crippen molar-refractivity contribution in [2.75, 3.05) is 7.11 Å². The number of esters is 1. The van der Waals surface area contributed by atoms with E-state index in [1.54, 1.807) is 6.92 Å². The molecule has 0 aliphatic rings. The van der Waals surface area contributed by atoms with Crippen molar-refractivity contribution in [3.63, 3.8) is 0 Å². The molecule has 0 aromatic heterocycles. The molecule has 0 saturated carbocycles. The highest BCUT2D eigenvalue weighted by atomic mass is 16.5. The van der Waals surface area contributed by atoms with Crippen LogP contribution in [0.3, 0.4) is 0 Å². The first-order chi connectivity index (χ1) is 9.45. The Kier molecular flexibility index (Phi) is 6.43.